The van der Waals surface area contributed by atoms with Crippen LogP contribution in [0.1, 0.15) is 18.0 Å². The van der Waals surface area contributed by atoms with Gasteiger partial charge in [-0.25, -0.2) is 4.79 Å². The number of hydrogen-bond acceptors (Lipinski definition) is 3. The molecule has 2 N–H and O–H groups in total. The Morgan fingerprint density at radius 3 is 2.60 bits per heavy atom. The van der Waals surface area contributed by atoms with Crippen LogP contribution >= 0.6 is 12.4 Å². The molecule has 82 valence electrons. The number of phenols is 1. The molecule has 1 atom stereocenters. The van der Waals surface area contributed by atoms with Crippen molar-refractivity contribution >= 4 is 18.5 Å². The summed E-state index contributed by atoms with van der Waals surface area (Å²) in [6.45, 7) is 0.442. The van der Waals surface area contributed by atoms with Crippen LogP contribution < -0.4 is 5.32 Å². The van der Waals surface area contributed by atoms with E-state index in [4.69, 9.17) is 9.84 Å². The summed E-state index contributed by atoms with van der Waals surface area (Å²) in [4.78, 5) is 10.9. The van der Waals surface area contributed by atoms with Crippen LogP contribution in [0.2, 0.25) is 0 Å². The van der Waals surface area contributed by atoms with Crippen LogP contribution in [-0.2, 0) is 4.74 Å². The summed E-state index contributed by atoms with van der Waals surface area (Å²) in [5.41, 5.74) is 0.986. The van der Waals surface area contributed by atoms with Crippen LogP contribution in [0.25, 0.3) is 0 Å². The minimum Gasteiger partial charge on any atom is -0.508 e. The van der Waals surface area contributed by atoms with Gasteiger partial charge in [0.05, 0.1) is 12.6 Å². The normalized spacial score (nSPS) is 19.7. The maximum absolute atomic E-state index is 10.9. The average molecular weight is 230 g/mol. The molecule has 2 rings (SSSR count). The number of alkyl carbamates (subject to hydrolysis) is 1. The molecule has 1 heterocycles. The molecule has 1 saturated heterocycles. The summed E-state index contributed by atoms with van der Waals surface area (Å²) in [5.74, 6) is 0.229. The van der Waals surface area contributed by atoms with Gasteiger partial charge in [0.1, 0.15) is 5.75 Å². The van der Waals surface area contributed by atoms with E-state index < -0.39 is 0 Å². The van der Waals surface area contributed by atoms with Crippen molar-refractivity contribution < 1.29 is 14.6 Å². The van der Waals surface area contributed by atoms with Crippen LogP contribution in [-0.4, -0.2) is 17.8 Å². The quantitative estimate of drug-likeness (QED) is 0.774. The van der Waals surface area contributed by atoms with Gasteiger partial charge in [-0.2, -0.15) is 0 Å². The molecule has 1 fully saturated rings. The predicted molar refractivity (Wildman–Crippen MR) is 57.2 cm³/mol. The van der Waals surface area contributed by atoms with Crippen molar-refractivity contribution in [1.82, 2.24) is 5.32 Å². The minimum absolute atomic E-state index is 0. The number of ether oxygens (including phenoxy) is 1. The Hall–Kier alpha value is -1.42. The number of amides is 1. The third kappa shape index (κ3) is 2.76. The van der Waals surface area contributed by atoms with E-state index in [1.54, 1.807) is 24.3 Å². The second-order valence-corrected chi connectivity index (χ2v) is 3.21. The van der Waals surface area contributed by atoms with E-state index in [9.17, 15) is 4.79 Å². The zero-order valence-electron chi connectivity index (χ0n) is 7.97. The molecular formula is C10H12ClNO3. The second kappa shape index (κ2) is 4.89. The molecule has 1 aromatic carbocycles. The molecule has 15 heavy (non-hydrogen) atoms. The summed E-state index contributed by atoms with van der Waals surface area (Å²) in [5, 5.41) is 11.8. The molecule has 0 radical (unpaired) electrons. The molecule has 0 aliphatic carbocycles. The number of halogens is 1. The van der Waals surface area contributed by atoms with Gasteiger partial charge in [0.15, 0.2) is 0 Å². The van der Waals surface area contributed by atoms with E-state index in [1.165, 1.54) is 0 Å². The molecule has 0 spiro atoms. The minimum atomic E-state index is -0.380. The van der Waals surface area contributed by atoms with E-state index in [2.05, 4.69) is 5.32 Å². The highest BCUT2D eigenvalue weighted by Gasteiger charge is 2.20. The molecule has 5 heteroatoms. The predicted octanol–water partition coefficient (Wildman–Crippen LogP) is 1.98. The Morgan fingerprint density at radius 2 is 2.00 bits per heavy atom. The summed E-state index contributed by atoms with van der Waals surface area (Å²) in [7, 11) is 0. The van der Waals surface area contributed by atoms with Gasteiger partial charge < -0.3 is 15.2 Å². The van der Waals surface area contributed by atoms with E-state index in [-0.39, 0.29) is 30.3 Å². The van der Waals surface area contributed by atoms with Crippen molar-refractivity contribution in [2.24, 2.45) is 0 Å². The molecule has 1 aliphatic heterocycles. The maximum atomic E-state index is 10.9. The lowest BCUT2D eigenvalue weighted by molar-refractivity contribution is 0.115. The molecule has 0 aromatic heterocycles. The number of carbonyl (C=O) groups is 1. The number of cyclic esters (lactones) is 1. The van der Waals surface area contributed by atoms with Crippen molar-refractivity contribution in [1.29, 1.82) is 0 Å². The van der Waals surface area contributed by atoms with Gasteiger partial charge in [0.2, 0.25) is 0 Å². The van der Waals surface area contributed by atoms with Crippen LogP contribution in [0.3, 0.4) is 0 Å². The highest BCUT2D eigenvalue weighted by Crippen LogP contribution is 2.21. The first-order valence-electron chi connectivity index (χ1n) is 4.48. The molecule has 1 aromatic rings. The number of hydrogen-bond donors (Lipinski definition) is 2. The highest BCUT2D eigenvalue weighted by molar-refractivity contribution is 5.85. The Morgan fingerprint density at radius 1 is 1.33 bits per heavy atom. The fraction of sp³-hybridized carbons (Fsp3) is 0.300. The number of benzene rings is 1. The van der Waals surface area contributed by atoms with Gasteiger partial charge in [0.25, 0.3) is 0 Å². The van der Waals surface area contributed by atoms with Crippen molar-refractivity contribution in [2.45, 2.75) is 12.5 Å². The molecule has 0 unspecified atom stereocenters. The highest BCUT2D eigenvalue weighted by atomic mass is 35.5. The number of phenolic OH excluding ortho intramolecular Hbond substituents is 1. The fourth-order valence-electron chi connectivity index (χ4n) is 1.48. The van der Waals surface area contributed by atoms with Crippen molar-refractivity contribution in [3.05, 3.63) is 29.8 Å². The van der Waals surface area contributed by atoms with Crippen LogP contribution in [0.15, 0.2) is 24.3 Å². The van der Waals surface area contributed by atoms with E-state index >= 15 is 0 Å². The molecule has 4 nitrogen and oxygen atoms in total. The van der Waals surface area contributed by atoms with Gasteiger partial charge in [-0.05, 0) is 17.7 Å². The molecule has 1 amide bonds. The zero-order valence-corrected chi connectivity index (χ0v) is 8.79. The van der Waals surface area contributed by atoms with Crippen LogP contribution in [0, 0.1) is 0 Å². The summed E-state index contributed by atoms with van der Waals surface area (Å²) in [6, 6.07) is 6.81. The number of nitrogens with one attached hydrogen (secondary N) is 1. The lowest BCUT2D eigenvalue weighted by Crippen LogP contribution is -2.35. The number of rotatable bonds is 1. The summed E-state index contributed by atoms with van der Waals surface area (Å²) >= 11 is 0. The molecule has 0 saturated carbocycles. The van der Waals surface area contributed by atoms with Gasteiger partial charge in [0, 0.05) is 6.42 Å². The Labute approximate surface area is 93.7 Å². The number of aromatic hydroxyl groups is 1. The fourth-order valence-corrected chi connectivity index (χ4v) is 1.48. The standard InChI is InChI=1S/C10H11NO3.ClH/c12-8-3-1-7(2-4-8)9-5-6-14-10(13)11-9;/h1-4,9,12H,5-6H2,(H,11,13);1H/t9-;/m1./s1. The van der Waals surface area contributed by atoms with E-state index in [0.29, 0.717) is 6.61 Å². The third-order valence-electron chi connectivity index (χ3n) is 2.23. The van der Waals surface area contributed by atoms with Gasteiger partial charge >= 0.3 is 6.09 Å². The smallest absolute Gasteiger partial charge is 0.407 e. The Kier molecular flexibility index (Phi) is 3.80. The van der Waals surface area contributed by atoms with Crippen molar-refractivity contribution in [2.75, 3.05) is 6.61 Å². The summed E-state index contributed by atoms with van der Waals surface area (Å²) in [6.07, 6.45) is 0.380. The van der Waals surface area contributed by atoms with E-state index in [0.717, 1.165) is 12.0 Å². The lowest BCUT2D eigenvalue weighted by Gasteiger charge is -2.23. The largest absolute Gasteiger partial charge is 0.508 e. The average Bonchev–Trinajstić information content (AvgIpc) is 2.19. The Balaban J connectivity index is 0.00000112. The Bertz CT molecular complexity index is 339. The maximum Gasteiger partial charge on any atom is 0.407 e. The lowest BCUT2D eigenvalue weighted by atomic mass is 10.0. The SMILES string of the molecule is Cl.O=C1N[C@@H](c2ccc(O)cc2)CCO1. The first-order chi connectivity index (χ1) is 6.75. The van der Waals surface area contributed by atoms with Gasteiger partial charge in [-0.15, -0.1) is 12.4 Å². The first-order valence-corrected chi connectivity index (χ1v) is 4.48. The van der Waals surface area contributed by atoms with Crippen LogP contribution in [0.5, 0.6) is 5.75 Å². The monoisotopic (exact) mass is 229 g/mol. The topological polar surface area (TPSA) is 58.6 Å². The first kappa shape index (κ1) is 11.7. The third-order valence-corrected chi connectivity index (χ3v) is 2.23. The van der Waals surface area contributed by atoms with Gasteiger partial charge in [-0.1, -0.05) is 12.1 Å². The zero-order chi connectivity index (χ0) is 9.97. The van der Waals surface area contributed by atoms with Crippen molar-refractivity contribution in [3.63, 3.8) is 0 Å². The van der Waals surface area contributed by atoms with E-state index in [1.807, 2.05) is 0 Å². The van der Waals surface area contributed by atoms with Crippen molar-refractivity contribution in [3.8, 4) is 5.75 Å². The summed E-state index contributed by atoms with van der Waals surface area (Å²) < 4.78 is 4.75. The molecule has 1 aliphatic rings. The number of carbonyl (C=O) groups excluding carboxylic acids is 1. The second-order valence-electron chi connectivity index (χ2n) is 3.21. The van der Waals surface area contributed by atoms with Gasteiger partial charge in [-0.3, -0.25) is 0 Å². The van der Waals surface area contributed by atoms with Crippen LogP contribution in [0.4, 0.5) is 4.79 Å². The molecule has 0 bridgehead atoms. The molecular weight excluding hydrogens is 218 g/mol.